The summed E-state index contributed by atoms with van der Waals surface area (Å²) < 4.78 is 0. The van der Waals surface area contributed by atoms with Crippen molar-refractivity contribution in [1.29, 1.82) is 0 Å². The van der Waals surface area contributed by atoms with Gasteiger partial charge in [0.15, 0.2) is 7.22 Å². The summed E-state index contributed by atoms with van der Waals surface area (Å²) in [4.78, 5) is 0. The topological polar surface area (TPSA) is 0 Å². The van der Waals surface area contributed by atoms with E-state index >= 15 is 0 Å². The lowest BCUT2D eigenvalue weighted by atomic mass is 10.9. The van der Waals surface area contributed by atoms with Gasteiger partial charge in [-0.2, -0.15) is 12.1 Å². The first-order valence-electron chi connectivity index (χ1n) is 5.42. The molecule has 1 atom stereocenters. The van der Waals surface area contributed by atoms with Crippen molar-refractivity contribution in [2.75, 3.05) is 18.5 Å². The van der Waals surface area contributed by atoms with Gasteiger partial charge in [-0.3, -0.25) is 0 Å². The van der Waals surface area contributed by atoms with Crippen LogP contribution in [0.5, 0.6) is 0 Å². The Bertz CT molecular complexity index is 141. The van der Waals surface area contributed by atoms with Crippen molar-refractivity contribution >= 4 is 26.6 Å². The van der Waals surface area contributed by atoms with Crippen LogP contribution in [-0.2, 0) is 0 Å². The summed E-state index contributed by atoms with van der Waals surface area (Å²) in [5.41, 5.74) is 0. The first-order valence-corrected chi connectivity index (χ1v) is 12.2. The van der Waals surface area contributed by atoms with Gasteiger partial charge in [0.05, 0.1) is 23.8 Å². The van der Waals surface area contributed by atoms with Gasteiger partial charge < -0.3 is 0 Å². The highest BCUT2D eigenvalue weighted by Gasteiger charge is 2.45. The lowest BCUT2D eigenvalue weighted by molar-refractivity contribution is 1.18. The molecule has 13 heavy (non-hydrogen) atoms. The second-order valence-electron chi connectivity index (χ2n) is 4.50. The molecule has 1 unspecified atom stereocenters. The van der Waals surface area contributed by atoms with Crippen molar-refractivity contribution in [1.82, 2.24) is 0 Å². The molecule has 0 aromatic carbocycles. The highest BCUT2D eigenvalue weighted by Crippen LogP contribution is 2.64. The van der Waals surface area contributed by atoms with Gasteiger partial charge in [-0.15, -0.1) is 0 Å². The van der Waals surface area contributed by atoms with Gasteiger partial charge in [0, 0.05) is 7.26 Å². The second kappa shape index (κ2) is 5.18. The zero-order valence-corrected chi connectivity index (χ0v) is 12.9. The van der Waals surface area contributed by atoms with Crippen LogP contribution >= 0.6 is 19.3 Å². The standard InChI is InChI=1S/C10H26PSSi/c1-7-11(8-2,9-3)10(4)13(5,6)12/h10,12H,7-9H2,1-6H3/q+1. The third kappa shape index (κ3) is 3.25. The smallest absolute Gasteiger partial charge is 0.151 e. The minimum absolute atomic E-state index is 0.666. The van der Waals surface area contributed by atoms with Crippen molar-refractivity contribution in [3.05, 3.63) is 0 Å². The molecule has 3 heteroatoms. The predicted octanol–water partition coefficient (Wildman–Crippen LogP) is 4.13. The lowest BCUT2D eigenvalue weighted by Gasteiger charge is -2.36. The molecule has 0 saturated carbocycles. The molecule has 0 spiro atoms. The van der Waals surface area contributed by atoms with Crippen LogP contribution in [0.2, 0.25) is 13.1 Å². The van der Waals surface area contributed by atoms with E-state index in [-0.39, 0.29) is 0 Å². The van der Waals surface area contributed by atoms with Crippen LogP contribution in [0, 0.1) is 0 Å². The van der Waals surface area contributed by atoms with Gasteiger partial charge in [-0.05, 0) is 27.7 Å². The fourth-order valence-electron chi connectivity index (χ4n) is 2.16. The molecular weight excluding hydrogens is 211 g/mol. The Hall–Kier alpha value is 0.997. The molecule has 0 amide bonds. The lowest BCUT2D eigenvalue weighted by Crippen LogP contribution is -2.37. The Morgan fingerprint density at radius 1 is 1.08 bits per heavy atom. The minimum atomic E-state index is -1.22. The molecule has 0 aliphatic carbocycles. The molecule has 0 aliphatic heterocycles. The van der Waals surface area contributed by atoms with Gasteiger partial charge in [-0.1, -0.05) is 13.1 Å². The van der Waals surface area contributed by atoms with Crippen LogP contribution in [0.3, 0.4) is 0 Å². The van der Waals surface area contributed by atoms with E-state index in [4.69, 9.17) is 12.1 Å². The van der Waals surface area contributed by atoms with Crippen molar-refractivity contribution < 1.29 is 0 Å². The van der Waals surface area contributed by atoms with E-state index in [1.54, 1.807) is 0 Å². The van der Waals surface area contributed by atoms with Crippen LogP contribution in [0.25, 0.3) is 0 Å². The third-order valence-corrected chi connectivity index (χ3v) is 16.6. The number of rotatable bonds is 5. The maximum Gasteiger partial charge on any atom is 0.151 e. The molecule has 0 N–H and O–H groups in total. The zero-order valence-electron chi connectivity index (χ0n) is 10.1. The van der Waals surface area contributed by atoms with Crippen molar-refractivity contribution in [3.63, 3.8) is 0 Å². The monoisotopic (exact) mass is 237 g/mol. The number of thiol groups is 1. The Labute approximate surface area is 91.3 Å². The van der Waals surface area contributed by atoms with Gasteiger partial charge in [0.2, 0.25) is 0 Å². The summed E-state index contributed by atoms with van der Waals surface area (Å²) in [5.74, 6) is 0. The molecule has 0 aromatic rings. The Morgan fingerprint density at radius 2 is 1.38 bits per heavy atom. The predicted molar refractivity (Wildman–Crippen MR) is 74.5 cm³/mol. The van der Waals surface area contributed by atoms with E-state index in [2.05, 4.69) is 40.8 Å². The molecule has 0 radical (unpaired) electrons. The summed E-state index contributed by atoms with van der Waals surface area (Å²) in [5, 5.41) is 0.920. The van der Waals surface area contributed by atoms with Gasteiger partial charge in [0.25, 0.3) is 0 Å². The van der Waals surface area contributed by atoms with Crippen LogP contribution in [-0.4, -0.2) is 31.0 Å². The average molecular weight is 237 g/mol. The van der Waals surface area contributed by atoms with E-state index in [1.807, 2.05) is 0 Å². The quantitative estimate of drug-likeness (QED) is 0.415. The third-order valence-electron chi connectivity index (χ3n) is 3.73. The molecule has 0 saturated heterocycles. The molecule has 80 valence electrons. The fourth-order valence-corrected chi connectivity index (χ4v) is 14.4. The molecule has 0 aromatic heterocycles. The summed E-state index contributed by atoms with van der Waals surface area (Å²) >= 11 is 4.87. The fraction of sp³-hybridized carbons (Fsp3) is 1.00. The minimum Gasteiger partial charge on any atom is -0.198 e. The molecule has 0 nitrogen and oxygen atoms in total. The van der Waals surface area contributed by atoms with Crippen molar-refractivity contribution in [3.8, 4) is 0 Å². The Kier molecular flexibility index (Phi) is 5.58. The molecule has 0 fully saturated rings. The molecule has 0 heterocycles. The van der Waals surface area contributed by atoms with Crippen LogP contribution in [0.1, 0.15) is 27.7 Å². The Morgan fingerprint density at radius 3 is 1.46 bits per heavy atom. The van der Waals surface area contributed by atoms with Crippen LogP contribution in [0.4, 0.5) is 0 Å². The summed E-state index contributed by atoms with van der Waals surface area (Å²) in [6, 6.07) is 0. The van der Waals surface area contributed by atoms with E-state index in [0.29, 0.717) is 0 Å². The summed E-state index contributed by atoms with van der Waals surface area (Å²) in [6.45, 7) is 14.4. The molecular formula is C10H26PSSi+. The van der Waals surface area contributed by atoms with Crippen LogP contribution in [0.15, 0.2) is 0 Å². The molecule has 0 bridgehead atoms. The van der Waals surface area contributed by atoms with Gasteiger partial charge >= 0.3 is 0 Å². The molecule has 0 aliphatic rings. The zero-order chi connectivity index (χ0) is 10.7. The number of hydrogen-bond acceptors (Lipinski definition) is 1. The normalized spacial score (nSPS) is 15.9. The molecule has 0 rings (SSSR count). The van der Waals surface area contributed by atoms with E-state index in [1.165, 1.54) is 18.5 Å². The SMILES string of the molecule is CC[P+](CC)(CC)C(C)[Si](C)(C)S. The highest BCUT2D eigenvalue weighted by atomic mass is 32.3. The second-order valence-corrected chi connectivity index (χ2v) is 17.7. The number of hydrogen-bond donors (Lipinski definition) is 1. The summed E-state index contributed by atoms with van der Waals surface area (Å²) in [7, 11) is -1.88. The maximum absolute atomic E-state index is 4.87. The van der Waals surface area contributed by atoms with Crippen LogP contribution < -0.4 is 0 Å². The van der Waals surface area contributed by atoms with E-state index < -0.39 is 14.5 Å². The van der Waals surface area contributed by atoms with Crippen molar-refractivity contribution in [2.45, 2.75) is 46.1 Å². The first-order chi connectivity index (χ1) is 5.84. The highest BCUT2D eigenvalue weighted by molar-refractivity contribution is 8.16. The first kappa shape index (κ1) is 14.0. The van der Waals surface area contributed by atoms with Crippen molar-refractivity contribution in [2.24, 2.45) is 0 Å². The summed E-state index contributed by atoms with van der Waals surface area (Å²) in [6.07, 6.45) is 4.24. The maximum atomic E-state index is 4.87. The Balaban J connectivity index is 4.73. The average Bonchev–Trinajstić information content (AvgIpc) is 2.07. The largest absolute Gasteiger partial charge is 0.198 e. The van der Waals surface area contributed by atoms with Gasteiger partial charge in [0.1, 0.15) is 0 Å². The van der Waals surface area contributed by atoms with E-state index in [0.717, 1.165) is 5.28 Å². The van der Waals surface area contributed by atoms with Gasteiger partial charge in [-0.25, -0.2) is 0 Å². The van der Waals surface area contributed by atoms with E-state index in [9.17, 15) is 0 Å².